The maximum absolute atomic E-state index is 9.97. The maximum Gasteiger partial charge on any atom is 0.0841 e. The first-order valence-electron chi connectivity index (χ1n) is 4.55. The predicted octanol–water partition coefficient (Wildman–Crippen LogP) is 2.45. The maximum atomic E-state index is 9.97. The number of isothiocyanates is 1. The molecule has 0 aliphatic rings. The molecule has 0 spiro atoms. The lowest BCUT2D eigenvalue weighted by Gasteiger charge is -1.96. The fourth-order valence-corrected chi connectivity index (χ4v) is 1.40. The van der Waals surface area contributed by atoms with Crippen LogP contribution in [0.1, 0.15) is 38.5 Å². The van der Waals surface area contributed by atoms with E-state index in [0.29, 0.717) is 11.3 Å². The van der Waals surface area contributed by atoms with Crippen LogP contribution in [-0.4, -0.2) is 21.3 Å². The fourth-order valence-electron chi connectivity index (χ4n) is 1.04. The Labute approximate surface area is 88.5 Å². The minimum Gasteiger partial charge on any atom is -0.233 e. The first-order valence-corrected chi connectivity index (χ1v) is 5.77. The number of thiocarbonyl (C=S) groups is 1. The van der Waals surface area contributed by atoms with Crippen LogP contribution < -0.4 is 0 Å². The van der Waals surface area contributed by atoms with Crippen LogP contribution in [0.2, 0.25) is 0 Å². The van der Waals surface area contributed by atoms with Crippen LogP contribution in [0.25, 0.3) is 0 Å². The number of hydrogen-bond donors (Lipinski definition) is 0. The first kappa shape index (κ1) is 12.7. The van der Waals surface area contributed by atoms with Crippen molar-refractivity contribution in [2.75, 3.05) is 6.54 Å². The summed E-state index contributed by atoms with van der Waals surface area (Å²) in [4.78, 5) is 3.83. The molecule has 0 aromatic carbocycles. The van der Waals surface area contributed by atoms with Gasteiger partial charge in [-0.05, 0) is 31.5 Å². The summed E-state index contributed by atoms with van der Waals surface area (Å²) >= 11 is 5.01. The van der Waals surface area contributed by atoms with Gasteiger partial charge in [0.15, 0.2) is 0 Å². The number of rotatable bonds is 8. The third-order valence-corrected chi connectivity index (χ3v) is 2.23. The zero-order chi connectivity index (χ0) is 9.78. The van der Waals surface area contributed by atoms with E-state index in [1.54, 1.807) is 5.37 Å². The van der Waals surface area contributed by atoms with Gasteiger partial charge in [0, 0.05) is 11.9 Å². The summed E-state index contributed by atoms with van der Waals surface area (Å²) < 4.78 is 9.97. The van der Waals surface area contributed by atoms with Crippen LogP contribution in [0, 0.1) is 0 Å². The topological polar surface area (TPSA) is 29.4 Å². The van der Waals surface area contributed by atoms with Crippen molar-refractivity contribution in [2.45, 2.75) is 38.5 Å². The highest BCUT2D eigenvalue weighted by Gasteiger charge is 1.88. The second kappa shape index (κ2) is 11.7. The molecule has 0 aromatic heterocycles. The monoisotopic (exact) mass is 217 g/mol. The average molecular weight is 217 g/mol. The zero-order valence-corrected chi connectivity index (χ0v) is 9.33. The Kier molecular flexibility index (Phi) is 11.4. The van der Waals surface area contributed by atoms with Gasteiger partial charge in [-0.25, -0.2) is 9.20 Å². The highest BCUT2D eigenvalue weighted by Crippen LogP contribution is 2.04. The normalized spacial score (nSPS) is 8.92. The van der Waals surface area contributed by atoms with Gasteiger partial charge in [0.1, 0.15) is 0 Å². The smallest absolute Gasteiger partial charge is 0.0841 e. The van der Waals surface area contributed by atoms with Crippen LogP contribution in [0.4, 0.5) is 0 Å². The molecule has 0 atom stereocenters. The van der Waals surface area contributed by atoms with Crippen LogP contribution >= 0.6 is 12.2 Å². The van der Waals surface area contributed by atoms with Gasteiger partial charge in [0.2, 0.25) is 0 Å². The first-order chi connectivity index (χ1) is 6.41. The van der Waals surface area contributed by atoms with Crippen molar-refractivity contribution in [3.8, 4) is 0 Å². The van der Waals surface area contributed by atoms with E-state index < -0.39 is 0 Å². The van der Waals surface area contributed by atoms with Crippen molar-refractivity contribution in [1.82, 2.24) is 0 Å². The molecule has 0 fully saturated rings. The molecule has 0 aliphatic heterocycles. The Bertz CT molecular complexity index is 184. The summed E-state index contributed by atoms with van der Waals surface area (Å²) in [6.45, 7) is 0.812. The lowest BCUT2D eigenvalue weighted by Crippen LogP contribution is -1.83. The second-order valence-corrected chi connectivity index (χ2v) is 3.50. The molecule has 0 aromatic rings. The van der Waals surface area contributed by atoms with E-state index in [1.807, 2.05) is 0 Å². The Morgan fingerprint density at radius 2 is 1.92 bits per heavy atom. The van der Waals surface area contributed by atoms with E-state index in [4.69, 9.17) is 0 Å². The summed E-state index contributed by atoms with van der Waals surface area (Å²) in [6, 6.07) is 0. The van der Waals surface area contributed by atoms with E-state index in [-0.39, 0.29) is 0 Å². The number of unbranched alkanes of at least 4 members (excludes halogenated alkanes) is 5. The molecule has 0 unspecified atom stereocenters. The largest absolute Gasteiger partial charge is 0.233 e. The quantitative estimate of drug-likeness (QED) is 0.355. The van der Waals surface area contributed by atoms with Crippen LogP contribution in [0.3, 0.4) is 0 Å². The molecule has 0 saturated heterocycles. The van der Waals surface area contributed by atoms with Crippen molar-refractivity contribution in [2.24, 2.45) is 4.99 Å². The van der Waals surface area contributed by atoms with Crippen molar-refractivity contribution >= 4 is 34.0 Å². The van der Waals surface area contributed by atoms with Crippen molar-refractivity contribution < 1.29 is 4.21 Å². The molecule has 0 bridgehead atoms. The van der Waals surface area contributed by atoms with E-state index in [2.05, 4.69) is 22.4 Å². The third kappa shape index (κ3) is 11.7. The molecule has 2 nitrogen and oxygen atoms in total. The van der Waals surface area contributed by atoms with Crippen molar-refractivity contribution in [3.05, 3.63) is 0 Å². The average Bonchev–Trinajstić information content (AvgIpc) is 2.16. The Morgan fingerprint density at radius 1 is 1.23 bits per heavy atom. The fraction of sp³-hybridized carbons (Fsp3) is 0.778. The molecule has 13 heavy (non-hydrogen) atoms. The molecular weight excluding hydrogens is 202 g/mol. The molecule has 0 radical (unpaired) electrons. The molecule has 0 saturated carbocycles. The SMILES string of the molecule is O=S=CCCCCCCCN=C=S. The van der Waals surface area contributed by atoms with Gasteiger partial charge >= 0.3 is 0 Å². The predicted molar refractivity (Wildman–Crippen MR) is 61.8 cm³/mol. The minimum atomic E-state index is 0.567. The lowest BCUT2D eigenvalue weighted by molar-refractivity contribution is 0.630. The molecule has 0 rings (SSSR count). The van der Waals surface area contributed by atoms with Crippen LogP contribution in [0.5, 0.6) is 0 Å². The second-order valence-electron chi connectivity index (χ2n) is 2.79. The van der Waals surface area contributed by atoms with Gasteiger partial charge in [0.05, 0.1) is 16.4 Å². The summed E-state index contributed by atoms with van der Waals surface area (Å²) in [5.41, 5.74) is 0. The summed E-state index contributed by atoms with van der Waals surface area (Å²) in [5.74, 6) is 0. The number of hydrogen-bond acceptors (Lipinski definition) is 3. The van der Waals surface area contributed by atoms with Gasteiger partial charge < -0.3 is 0 Å². The molecule has 4 heteroatoms. The van der Waals surface area contributed by atoms with E-state index in [0.717, 1.165) is 25.8 Å². The van der Waals surface area contributed by atoms with Gasteiger partial charge in [-0.1, -0.05) is 19.3 Å². The van der Waals surface area contributed by atoms with Crippen molar-refractivity contribution in [3.63, 3.8) is 0 Å². The molecule has 0 aliphatic carbocycles. The Morgan fingerprint density at radius 3 is 2.62 bits per heavy atom. The molecule has 0 N–H and O–H groups in total. The zero-order valence-electron chi connectivity index (χ0n) is 7.70. The highest BCUT2D eigenvalue weighted by atomic mass is 32.1. The Hall–Kier alpha value is -0.310. The standard InChI is InChI=1S/C9H15NOS2/c11-13-8-6-4-2-1-3-5-7-10-9-12/h8H,1-7H2. The summed E-state index contributed by atoms with van der Waals surface area (Å²) in [6.07, 6.45) is 6.80. The van der Waals surface area contributed by atoms with Crippen LogP contribution in [-0.2, 0) is 11.3 Å². The van der Waals surface area contributed by atoms with Gasteiger partial charge in [-0.2, -0.15) is 0 Å². The van der Waals surface area contributed by atoms with Gasteiger partial charge in [-0.15, -0.1) is 0 Å². The molecule has 0 amide bonds. The number of aliphatic imine (C=N–C) groups is 1. The summed E-state index contributed by atoms with van der Waals surface area (Å²) in [5, 5.41) is 4.07. The van der Waals surface area contributed by atoms with Gasteiger partial charge in [0.25, 0.3) is 0 Å². The van der Waals surface area contributed by atoms with Crippen LogP contribution in [0.15, 0.2) is 4.99 Å². The molecule has 0 heterocycles. The third-order valence-electron chi connectivity index (χ3n) is 1.72. The molecule has 74 valence electrons. The van der Waals surface area contributed by atoms with Crippen molar-refractivity contribution in [1.29, 1.82) is 0 Å². The van der Waals surface area contributed by atoms with E-state index in [1.165, 1.54) is 19.3 Å². The lowest BCUT2D eigenvalue weighted by atomic mass is 10.1. The molecular formula is C9H15NOS2. The number of nitrogens with zero attached hydrogens (tertiary/aromatic N) is 1. The summed E-state index contributed by atoms with van der Waals surface area (Å²) in [7, 11) is 0. The minimum absolute atomic E-state index is 0.567. The Balaban J connectivity index is 2.99. The highest BCUT2D eigenvalue weighted by molar-refractivity contribution is 7.78. The van der Waals surface area contributed by atoms with E-state index in [9.17, 15) is 4.21 Å². The van der Waals surface area contributed by atoms with E-state index >= 15 is 0 Å². The van der Waals surface area contributed by atoms with Gasteiger partial charge in [-0.3, -0.25) is 0 Å².